The fraction of sp³-hybridized carbons (Fsp3) is 0.316. The number of fused-ring (bicyclic) bond motifs is 2. The number of phenols is 1. The van der Waals surface area contributed by atoms with E-state index in [4.69, 9.17) is 4.74 Å². The number of aromatic hydroxyl groups is 1. The molecule has 1 saturated heterocycles. The number of phenolic OH excluding ortho intramolecular Hbond substituents is 1. The average molecular weight is 354 g/mol. The number of ether oxygens (including phenoxy) is 1. The molecule has 1 N–H and O–H groups in total. The molecule has 1 amide bonds. The van der Waals surface area contributed by atoms with Gasteiger partial charge in [-0.3, -0.25) is 14.9 Å². The van der Waals surface area contributed by atoms with Gasteiger partial charge in [-0.25, -0.2) is 0 Å². The van der Waals surface area contributed by atoms with Gasteiger partial charge in [-0.15, -0.1) is 0 Å². The van der Waals surface area contributed by atoms with Crippen molar-refractivity contribution in [3.05, 3.63) is 69.3 Å². The fourth-order valence-electron chi connectivity index (χ4n) is 3.91. The number of hydrogen-bond donors (Lipinski definition) is 1. The van der Waals surface area contributed by atoms with Crippen molar-refractivity contribution in [1.82, 2.24) is 4.90 Å². The first-order chi connectivity index (χ1) is 12.5. The second-order valence-electron chi connectivity index (χ2n) is 6.69. The molecule has 7 nitrogen and oxygen atoms in total. The van der Waals surface area contributed by atoms with Crippen molar-refractivity contribution in [2.45, 2.75) is 18.4 Å². The SMILES string of the molecule is O=C(c1ccc(O)c([N+](=O)[O-])c1)N1CCO[C@]2(CCc3ccccc32)C1. The molecule has 2 aliphatic rings. The number of nitro groups is 1. The van der Waals surface area contributed by atoms with Gasteiger partial charge in [0, 0.05) is 18.2 Å². The summed E-state index contributed by atoms with van der Waals surface area (Å²) >= 11 is 0. The second-order valence-corrected chi connectivity index (χ2v) is 6.69. The zero-order chi connectivity index (χ0) is 18.3. The molecule has 0 aromatic heterocycles. The van der Waals surface area contributed by atoms with E-state index >= 15 is 0 Å². The minimum absolute atomic E-state index is 0.192. The van der Waals surface area contributed by atoms with E-state index in [9.17, 15) is 20.0 Å². The normalized spacial score (nSPS) is 21.6. The molecular formula is C19H18N2O5. The van der Waals surface area contributed by atoms with Crippen LogP contribution in [0.4, 0.5) is 5.69 Å². The quantitative estimate of drug-likeness (QED) is 0.661. The number of carbonyl (C=O) groups is 1. The summed E-state index contributed by atoms with van der Waals surface area (Å²) in [5.74, 6) is -0.741. The zero-order valence-electron chi connectivity index (χ0n) is 14.1. The van der Waals surface area contributed by atoms with Crippen molar-refractivity contribution < 1.29 is 19.6 Å². The molecule has 1 aliphatic heterocycles. The van der Waals surface area contributed by atoms with Crippen molar-refractivity contribution in [2.24, 2.45) is 0 Å². The van der Waals surface area contributed by atoms with Gasteiger partial charge in [0.2, 0.25) is 0 Å². The molecule has 0 bridgehead atoms. The summed E-state index contributed by atoms with van der Waals surface area (Å²) in [6, 6.07) is 11.8. The van der Waals surface area contributed by atoms with Crippen molar-refractivity contribution >= 4 is 11.6 Å². The third-order valence-corrected chi connectivity index (χ3v) is 5.20. The Balaban J connectivity index is 1.62. The molecular weight excluding hydrogens is 336 g/mol. The summed E-state index contributed by atoms with van der Waals surface area (Å²) in [4.78, 5) is 24.9. The van der Waals surface area contributed by atoms with Crippen LogP contribution in [0.1, 0.15) is 27.9 Å². The summed E-state index contributed by atoms with van der Waals surface area (Å²) in [6.45, 7) is 1.26. The summed E-state index contributed by atoms with van der Waals surface area (Å²) in [6.07, 6.45) is 1.72. The monoisotopic (exact) mass is 354 g/mol. The van der Waals surface area contributed by atoms with E-state index in [1.165, 1.54) is 17.7 Å². The highest BCUT2D eigenvalue weighted by Crippen LogP contribution is 2.42. The molecule has 1 spiro atoms. The van der Waals surface area contributed by atoms with Gasteiger partial charge in [0.25, 0.3) is 5.91 Å². The fourth-order valence-corrected chi connectivity index (χ4v) is 3.91. The third-order valence-electron chi connectivity index (χ3n) is 5.20. The van der Waals surface area contributed by atoms with Gasteiger partial charge < -0.3 is 14.7 Å². The number of amides is 1. The van der Waals surface area contributed by atoms with Crippen LogP contribution < -0.4 is 0 Å². The van der Waals surface area contributed by atoms with Crippen LogP contribution in [0.2, 0.25) is 0 Å². The number of benzene rings is 2. The highest BCUT2D eigenvalue weighted by molar-refractivity contribution is 5.95. The Morgan fingerprint density at radius 1 is 1.27 bits per heavy atom. The minimum atomic E-state index is -0.694. The van der Waals surface area contributed by atoms with Gasteiger partial charge in [-0.1, -0.05) is 24.3 Å². The number of nitrogens with zero attached hydrogens (tertiary/aromatic N) is 2. The second kappa shape index (κ2) is 6.10. The molecule has 1 aliphatic carbocycles. The molecule has 134 valence electrons. The Hall–Kier alpha value is -2.93. The Morgan fingerprint density at radius 2 is 2.08 bits per heavy atom. The maximum Gasteiger partial charge on any atom is 0.311 e. The number of aryl methyl sites for hydroxylation is 1. The lowest BCUT2D eigenvalue weighted by Gasteiger charge is -2.41. The minimum Gasteiger partial charge on any atom is -0.502 e. The summed E-state index contributed by atoms with van der Waals surface area (Å²) in [7, 11) is 0. The predicted molar refractivity (Wildman–Crippen MR) is 93.1 cm³/mol. The maximum atomic E-state index is 12.9. The number of morpholine rings is 1. The summed E-state index contributed by atoms with van der Waals surface area (Å²) in [5.41, 5.74) is 1.58. The van der Waals surface area contributed by atoms with E-state index in [1.807, 2.05) is 18.2 Å². The zero-order valence-corrected chi connectivity index (χ0v) is 14.1. The molecule has 1 heterocycles. The van der Waals surface area contributed by atoms with E-state index in [-0.39, 0.29) is 11.5 Å². The maximum absolute atomic E-state index is 12.9. The first kappa shape index (κ1) is 16.5. The van der Waals surface area contributed by atoms with Crippen molar-refractivity contribution in [1.29, 1.82) is 0 Å². The first-order valence-electron chi connectivity index (χ1n) is 8.49. The lowest BCUT2D eigenvalue weighted by molar-refractivity contribution is -0.385. The molecule has 4 rings (SSSR count). The van der Waals surface area contributed by atoms with Gasteiger partial charge in [0.1, 0.15) is 5.60 Å². The molecule has 2 aromatic carbocycles. The smallest absolute Gasteiger partial charge is 0.311 e. The van der Waals surface area contributed by atoms with Crippen molar-refractivity contribution in [3.8, 4) is 5.75 Å². The van der Waals surface area contributed by atoms with Gasteiger partial charge in [0.05, 0.1) is 18.1 Å². The van der Waals surface area contributed by atoms with Gasteiger partial charge in [-0.2, -0.15) is 0 Å². The Kier molecular flexibility index (Phi) is 3.88. The van der Waals surface area contributed by atoms with Gasteiger partial charge in [-0.05, 0) is 36.1 Å². The lowest BCUT2D eigenvalue weighted by Crippen LogP contribution is -2.51. The molecule has 0 unspecified atom stereocenters. The topological polar surface area (TPSA) is 92.9 Å². The van der Waals surface area contributed by atoms with E-state index < -0.39 is 22.0 Å². The van der Waals surface area contributed by atoms with Crippen LogP contribution in [0.25, 0.3) is 0 Å². The van der Waals surface area contributed by atoms with Crippen LogP contribution in [-0.2, 0) is 16.8 Å². The number of nitro benzene ring substituents is 1. The van der Waals surface area contributed by atoms with Crippen molar-refractivity contribution in [3.63, 3.8) is 0 Å². The third kappa shape index (κ3) is 2.61. The van der Waals surface area contributed by atoms with Crippen LogP contribution in [-0.4, -0.2) is 40.5 Å². The van der Waals surface area contributed by atoms with E-state index in [1.54, 1.807) is 4.90 Å². The van der Waals surface area contributed by atoms with Crippen molar-refractivity contribution in [2.75, 3.05) is 19.7 Å². The highest BCUT2D eigenvalue weighted by Gasteiger charge is 2.44. The highest BCUT2D eigenvalue weighted by atomic mass is 16.6. The number of rotatable bonds is 2. The van der Waals surface area contributed by atoms with Gasteiger partial charge in [0.15, 0.2) is 5.75 Å². The number of hydrogen-bond acceptors (Lipinski definition) is 5. The predicted octanol–water partition coefficient (Wildman–Crippen LogP) is 2.61. The van der Waals surface area contributed by atoms with Crippen LogP contribution >= 0.6 is 0 Å². The summed E-state index contributed by atoms with van der Waals surface area (Å²) in [5, 5.41) is 20.6. The van der Waals surface area contributed by atoms with Crippen LogP contribution in [0.5, 0.6) is 5.75 Å². The van der Waals surface area contributed by atoms with E-state index in [0.717, 1.165) is 24.5 Å². The molecule has 26 heavy (non-hydrogen) atoms. The Morgan fingerprint density at radius 3 is 2.88 bits per heavy atom. The lowest BCUT2D eigenvalue weighted by atomic mass is 9.93. The Labute approximate surface area is 150 Å². The largest absolute Gasteiger partial charge is 0.502 e. The van der Waals surface area contributed by atoms with Crippen LogP contribution in [0.15, 0.2) is 42.5 Å². The average Bonchev–Trinajstić information content (AvgIpc) is 3.00. The Bertz CT molecular complexity index is 893. The molecule has 0 radical (unpaired) electrons. The summed E-state index contributed by atoms with van der Waals surface area (Å²) < 4.78 is 6.11. The van der Waals surface area contributed by atoms with E-state index in [2.05, 4.69) is 6.07 Å². The molecule has 0 saturated carbocycles. The van der Waals surface area contributed by atoms with Crippen LogP contribution in [0, 0.1) is 10.1 Å². The molecule has 7 heteroatoms. The molecule has 1 fully saturated rings. The molecule has 2 aromatic rings. The standard InChI is InChI=1S/C19H18N2O5/c22-17-6-5-14(11-16(17)21(24)25)18(23)20-9-10-26-19(12-20)8-7-13-3-1-2-4-15(13)19/h1-6,11,22H,7-10,12H2/t19-/m1/s1. The van der Waals surface area contributed by atoms with Gasteiger partial charge >= 0.3 is 5.69 Å². The van der Waals surface area contributed by atoms with Crippen LogP contribution in [0.3, 0.4) is 0 Å². The number of carbonyl (C=O) groups excluding carboxylic acids is 1. The van der Waals surface area contributed by atoms with E-state index in [0.29, 0.717) is 19.7 Å². The molecule has 1 atom stereocenters. The first-order valence-corrected chi connectivity index (χ1v) is 8.49.